The minimum atomic E-state index is 1.11. The van der Waals surface area contributed by atoms with Gasteiger partial charge in [0.2, 0.25) is 0 Å². The Labute approximate surface area is 69.7 Å². The van der Waals surface area contributed by atoms with Crippen molar-refractivity contribution in [2.75, 3.05) is 0 Å². The number of aryl methyl sites for hydroxylation is 2. The first-order chi connectivity index (χ1) is 5.29. The molecular weight excluding hydrogens is 154 g/mol. The minimum Gasteiger partial charge on any atom is -0.233 e. The summed E-state index contributed by atoms with van der Waals surface area (Å²) >= 11 is 1.57. The molecule has 0 unspecified atom stereocenters. The molecule has 0 fully saturated rings. The first-order valence-corrected chi connectivity index (χ1v) is 4.33. The Morgan fingerprint density at radius 1 is 1.36 bits per heavy atom. The van der Waals surface area contributed by atoms with Crippen molar-refractivity contribution in [1.29, 1.82) is 0 Å². The van der Waals surface area contributed by atoms with Crippen LogP contribution >= 0.6 is 11.3 Å². The van der Waals surface area contributed by atoms with Gasteiger partial charge >= 0.3 is 0 Å². The van der Waals surface area contributed by atoms with Gasteiger partial charge in [-0.25, -0.2) is 4.98 Å². The number of fused-ring (bicyclic) bond motifs is 1. The largest absolute Gasteiger partial charge is 0.233 e. The monoisotopic (exact) mass is 162 g/mol. The summed E-state index contributed by atoms with van der Waals surface area (Å²) < 4.78 is 1.23. The molecule has 55 valence electrons. The van der Waals surface area contributed by atoms with Crippen molar-refractivity contribution >= 4 is 21.6 Å². The Kier molecular flexibility index (Phi) is 1.43. The van der Waals surface area contributed by atoms with E-state index in [-0.39, 0.29) is 0 Å². The minimum absolute atomic E-state index is 1.11. The molecule has 0 aliphatic rings. The normalized spacial score (nSPS) is 10.7. The zero-order chi connectivity index (χ0) is 7.84. The third kappa shape index (κ3) is 0.942. The third-order valence-electron chi connectivity index (χ3n) is 1.98. The molecule has 11 heavy (non-hydrogen) atoms. The Bertz CT molecular complexity index is 389. The summed E-state index contributed by atoms with van der Waals surface area (Å²) in [6, 6.07) is 4.23. The molecule has 2 rings (SSSR count). The Hall–Kier alpha value is -0.890. The molecule has 0 amide bonds. The molecule has 0 atom stereocenters. The molecule has 0 aliphatic heterocycles. The average molecular weight is 162 g/mol. The average Bonchev–Trinajstić information content (AvgIpc) is 2.45. The molecule has 0 saturated heterocycles. The van der Waals surface area contributed by atoms with E-state index < -0.39 is 0 Å². The van der Waals surface area contributed by atoms with E-state index in [9.17, 15) is 0 Å². The van der Waals surface area contributed by atoms with Crippen LogP contribution in [0.2, 0.25) is 0 Å². The molecule has 0 aliphatic carbocycles. The van der Waals surface area contributed by atoms with E-state index in [0.717, 1.165) is 5.52 Å². The highest BCUT2D eigenvalue weighted by Crippen LogP contribution is 2.22. The molecule has 1 radical (unpaired) electrons. The van der Waals surface area contributed by atoms with Crippen molar-refractivity contribution in [3.63, 3.8) is 0 Å². The summed E-state index contributed by atoms with van der Waals surface area (Å²) in [5.41, 5.74) is 6.58. The van der Waals surface area contributed by atoms with E-state index in [0.29, 0.717) is 0 Å². The van der Waals surface area contributed by atoms with Crippen LogP contribution < -0.4 is 0 Å². The van der Waals surface area contributed by atoms with Gasteiger partial charge in [0.05, 0.1) is 10.2 Å². The zero-order valence-electron chi connectivity index (χ0n) is 6.51. The van der Waals surface area contributed by atoms with Crippen LogP contribution in [0.4, 0.5) is 0 Å². The van der Waals surface area contributed by atoms with E-state index >= 15 is 0 Å². The number of hydrogen-bond donors (Lipinski definition) is 0. The molecule has 0 saturated carbocycles. The number of aromatic nitrogens is 1. The summed E-state index contributed by atoms with van der Waals surface area (Å²) in [4.78, 5) is 4.17. The fraction of sp³-hybridized carbons (Fsp3) is 0.222. The fourth-order valence-corrected chi connectivity index (χ4v) is 1.78. The molecule has 2 aromatic rings. The van der Waals surface area contributed by atoms with Gasteiger partial charge in [0.25, 0.3) is 0 Å². The molecule has 1 aromatic heterocycles. The van der Waals surface area contributed by atoms with Crippen molar-refractivity contribution < 1.29 is 0 Å². The highest BCUT2D eigenvalue weighted by atomic mass is 32.1. The fourth-order valence-electron chi connectivity index (χ4n) is 1.12. The van der Waals surface area contributed by atoms with Crippen LogP contribution in [0.1, 0.15) is 11.1 Å². The molecule has 2 heteroatoms. The summed E-state index contributed by atoms with van der Waals surface area (Å²) in [5, 5.41) is 0. The van der Waals surface area contributed by atoms with Crippen LogP contribution in [-0.2, 0) is 0 Å². The lowest BCUT2D eigenvalue weighted by molar-refractivity contribution is 1.34. The Morgan fingerprint density at radius 3 is 3.00 bits per heavy atom. The molecular formula is C9H8NS. The molecule has 0 N–H and O–H groups in total. The summed E-state index contributed by atoms with van der Waals surface area (Å²) in [5.74, 6) is 0. The number of rotatable bonds is 0. The standard InChI is InChI=1S/C9H8NS/c1-6-3-4-8-9(7(6)2)10-5-11-8/h3-4H,1-2H3. The van der Waals surface area contributed by atoms with Gasteiger partial charge in [-0.1, -0.05) is 6.07 Å². The quantitative estimate of drug-likeness (QED) is 0.580. The van der Waals surface area contributed by atoms with Crippen molar-refractivity contribution in [1.82, 2.24) is 4.98 Å². The van der Waals surface area contributed by atoms with Crippen molar-refractivity contribution in [2.45, 2.75) is 13.8 Å². The number of thiazole rings is 1. The zero-order valence-corrected chi connectivity index (χ0v) is 7.33. The Morgan fingerprint density at radius 2 is 2.18 bits per heavy atom. The SMILES string of the molecule is Cc1ccc2s[c]nc2c1C. The van der Waals surface area contributed by atoms with Gasteiger partial charge in [-0.2, -0.15) is 0 Å². The van der Waals surface area contributed by atoms with E-state index in [2.05, 4.69) is 36.5 Å². The van der Waals surface area contributed by atoms with Gasteiger partial charge in [0.15, 0.2) is 5.51 Å². The molecule has 0 bridgehead atoms. The maximum atomic E-state index is 4.17. The topological polar surface area (TPSA) is 12.9 Å². The predicted octanol–water partition coefficient (Wildman–Crippen LogP) is 2.71. The lowest BCUT2D eigenvalue weighted by Crippen LogP contribution is -1.80. The van der Waals surface area contributed by atoms with Crippen molar-refractivity contribution in [3.05, 3.63) is 28.8 Å². The molecule has 0 spiro atoms. The van der Waals surface area contributed by atoms with Crippen LogP contribution in [-0.4, -0.2) is 4.98 Å². The van der Waals surface area contributed by atoms with Gasteiger partial charge in [-0.15, -0.1) is 11.3 Å². The second-order valence-corrected chi connectivity index (χ2v) is 3.49. The number of nitrogens with zero attached hydrogens (tertiary/aromatic N) is 1. The van der Waals surface area contributed by atoms with E-state index in [1.807, 2.05) is 0 Å². The smallest absolute Gasteiger partial charge is 0.153 e. The number of hydrogen-bond acceptors (Lipinski definition) is 2. The van der Waals surface area contributed by atoms with Crippen molar-refractivity contribution in [2.24, 2.45) is 0 Å². The predicted molar refractivity (Wildman–Crippen MR) is 47.9 cm³/mol. The molecule has 1 aromatic carbocycles. The number of benzene rings is 1. The van der Waals surface area contributed by atoms with Gasteiger partial charge in [0, 0.05) is 0 Å². The van der Waals surface area contributed by atoms with Gasteiger partial charge in [0.1, 0.15) is 0 Å². The van der Waals surface area contributed by atoms with Crippen LogP contribution in [0.3, 0.4) is 0 Å². The highest BCUT2D eigenvalue weighted by molar-refractivity contribution is 7.16. The van der Waals surface area contributed by atoms with Crippen molar-refractivity contribution in [3.8, 4) is 0 Å². The van der Waals surface area contributed by atoms with E-state index in [4.69, 9.17) is 0 Å². The summed E-state index contributed by atoms with van der Waals surface area (Å²) in [6.07, 6.45) is 0. The molecule has 1 nitrogen and oxygen atoms in total. The second kappa shape index (κ2) is 2.31. The lowest BCUT2D eigenvalue weighted by Gasteiger charge is -1.97. The van der Waals surface area contributed by atoms with Gasteiger partial charge in [-0.3, -0.25) is 0 Å². The maximum absolute atomic E-state index is 4.17. The van der Waals surface area contributed by atoms with E-state index in [1.165, 1.54) is 15.8 Å². The first-order valence-electron chi connectivity index (χ1n) is 3.52. The maximum Gasteiger partial charge on any atom is 0.153 e. The summed E-state index contributed by atoms with van der Waals surface area (Å²) in [6.45, 7) is 4.21. The Balaban J connectivity index is 2.93. The second-order valence-electron chi connectivity index (χ2n) is 2.66. The lowest BCUT2D eigenvalue weighted by atomic mass is 10.1. The van der Waals surface area contributed by atoms with Crippen LogP contribution in [0.25, 0.3) is 10.2 Å². The van der Waals surface area contributed by atoms with Crippen LogP contribution in [0.15, 0.2) is 12.1 Å². The summed E-state index contributed by atoms with van der Waals surface area (Å²) in [7, 11) is 0. The van der Waals surface area contributed by atoms with E-state index in [1.54, 1.807) is 11.3 Å². The van der Waals surface area contributed by atoms with Gasteiger partial charge in [-0.05, 0) is 31.0 Å². The first kappa shape index (κ1) is 6.80. The third-order valence-corrected chi connectivity index (χ3v) is 2.71. The molecule has 1 heterocycles. The van der Waals surface area contributed by atoms with Gasteiger partial charge < -0.3 is 0 Å². The van der Waals surface area contributed by atoms with Crippen LogP contribution in [0.5, 0.6) is 0 Å². The van der Waals surface area contributed by atoms with Crippen LogP contribution in [0, 0.1) is 19.4 Å². The highest BCUT2D eigenvalue weighted by Gasteiger charge is 2.01.